The van der Waals surface area contributed by atoms with Gasteiger partial charge >= 0.3 is 0 Å². The molecule has 0 fully saturated rings. The minimum Gasteiger partial charge on any atom is -0.464 e. The molecule has 5 nitrogen and oxygen atoms in total. The Hall–Kier alpha value is -3.68. The highest BCUT2D eigenvalue weighted by Crippen LogP contribution is 2.41. The molecule has 3 N–H and O–H groups in total. The third-order valence-electron chi connectivity index (χ3n) is 4.93. The van der Waals surface area contributed by atoms with Crippen LogP contribution < -0.4 is 11.1 Å². The van der Waals surface area contributed by atoms with Crippen molar-refractivity contribution in [2.45, 2.75) is 0 Å². The Bertz CT molecular complexity index is 1430. The lowest BCUT2D eigenvalue weighted by molar-refractivity contribution is 0.103. The number of nitrogens with two attached hydrogens (primary N) is 1. The summed E-state index contributed by atoms with van der Waals surface area (Å²) >= 11 is 7.21. The van der Waals surface area contributed by atoms with Gasteiger partial charge in [0.05, 0.1) is 17.6 Å². The van der Waals surface area contributed by atoms with Crippen LogP contribution >= 0.6 is 22.9 Å². The maximum absolute atomic E-state index is 13.2. The lowest BCUT2D eigenvalue weighted by Gasteiger charge is -2.07. The number of carbonyl (C=O) groups is 1. The Balaban J connectivity index is 1.64. The molecular formula is C24H15ClFN3O2S. The van der Waals surface area contributed by atoms with Gasteiger partial charge in [0.1, 0.15) is 21.3 Å². The minimum absolute atomic E-state index is 0.311. The van der Waals surface area contributed by atoms with Gasteiger partial charge < -0.3 is 15.5 Å². The van der Waals surface area contributed by atoms with Gasteiger partial charge in [-0.15, -0.1) is 11.3 Å². The van der Waals surface area contributed by atoms with Crippen LogP contribution in [0, 0.1) is 5.82 Å². The van der Waals surface area contributed by atoms with Crippen molar-refractivity contribution in [3.05, 3.63) is 88.7 Å². The summed E-state index contributed by atoms with van der Waals surface area (Å²) in [6.45, 7) is 0. The average Bonchev–Trinajstić information content (AvgIpc) is 3.44. The monoisotopic (exact) mass is 463 g/mol. The summed E-state index contributed by atoms with van der Waals surface area (Å²) < 4.78 is 18.8. The summed E-state index contributed by atoms with van der Waals surface area (Å²) in [4.78, 5) is 18.6. The number of rotatable bonds is 4. The van der Waals surface area contributed by atoms with E-state index in [9.17, 15) is 9.18 Å². The highest BCUT2D eigenvalue weighted by molar-refractivity contribution is 7.21. The van der Waals surface area contributed by atoms with Crippen molar-refractivity contribution in [1.29, 1.82) is 0 Å². The molecule has 0 unspecified atom stereocenters. The van der Waals surface area contributed by atoms with Crippen LogP contribution in [0.3, 0.4) is 0 Å². The molecular weight excluding hydrogens is 449 g/mol. The van der Waals surface area contributed by atoms with Crippen LogP contribution in [0.25, 0.3) is 32.8 Å². The number of amides is 1. The maximum atomic E-state index is 13.2. The largest absolute Gasteiger partial charge is 0.464 e. The molecule has 8 heteroatoms. The van der Waals surface area contributed by atoms with Gasteiger partial charge in [-0.1, -0.05) is 23.7 Å². The lowest BCUT2D eigenvalue weighted by atomic mass is 10.0. The van der Waals surface area contributed by atoms with Crippen molar-refractivity contribution in [2.75, 3.05) is 11.1 Å². The number of nitrogens with zero attached hydrogens (tertiary/aromatic N) is 1. The second-order valence-electron chi connectivity index (χ2n) is 7.03. The molecule has 32 heavy (non-hydrogen) atoms. The number of hydrogen-bond donors (Lipinski definition) is 2. The smallest absolute Gasteiger partial charge is 0.267 e. The van der Waals surface area contributed by atoms with Gasteiger partial charge in [0, 0.05) is 27.2 Å². The predicted molar refractivity (Wildman–Crippen MR) is 127 cm³/mol. The van der Waals surface area contributed by atoms with Crippen LogP contribution in [0.15, 0.2) is 77.4 Å². The predicted octanol–water partition coefficient (Wildman–Crippen LogP) is 6.85. The van der Waals surface area contributed by atoms with Crippen LogP contribution in [-0.2, 0) is 0 Å². The molecule has 0 spiro atoms. The molecule has 0 aliphatic heterocycles. The summed E-state index contributed by atoms with van der Waals surface area (Å²) in [5.41, 5.74) is 9.51. The van der Waals surface area contributed by atoms with Crippen LogP contribution in [0.4, 0.5) is 15.8 Å². The number of furan rings is 1. The molecule has 0 aliphatic carbocycles. The molecule has 0 aliphatic rings. The topological polar surface area (TPSA) is 81.2 Å². The maximum Gasteiger partial charge on any atom is 0.267 e. The van der Waals surface area contributed by atoms with E-state index in [-0.39, 0.29) is 5.82 Å². The van der Waals surface area contributed by atoms with E-state index >= 15 is 0 Å². The fraction of sp³-hybridized carbons (Fsp3) is 0. The number of nitrogen functional groups attached to an aromatic ring is 1. The number of anilines is 2. The number of pyridine rings is 1. The molecule has 3 heterocycles. The molecule has 5 aromatic rings. The normalized spacial score (nSPS) is 11.1. The zero-order valence-corrected chi connectivity index (χ0v) is 18.0. The average molecular weight is 464 g/mol. The molecule has 0 bridgehead atoms. The second-order valence-corrected chi connectivity index (χ2v) is 8.46. The summed E-state index contributed by atoms with van der Waals surface area (Å²) in [5.74, 6) is -0.162. The third-order valence-corrected chi connectivity index (χ3v) is 6.28. The summed E-state index contributed by atoms with van der Waals surface area (Å²) in [7, 11) is 0. The Labute approximate surface area is 191 Å². The highest BCUT2D eigenvalue weighted by Gasteiger charge is 2.22. The van der Waals surface area contributed by atoms with Gasteiger partial charge in [0.2, 0.25) is 0 Å². The van der Waals surface area contributed by atoms with Crippen LogP contribution in [0.1, 0.15) is 9.67 Å². The quantitative estimate of drug-likeness (QED) is 0.305. The van der Waals surface area contributed by atoms with Crippen LogP contribution in [-0.4, -0.2) is 10.9 Å². The molecule has 5 rings (SSSR count). The Morgan fingerprint density at radius 2 is 1.84 bits per heavy atom. The number of thiophene rings is 1. The number of hydrogen-bond acceptors (Lipinski definition) is 5. The standard InChI is InChI=1S/C24H15ClFN3O2S/c25-14-5-3-13(4-6-14)18-12-17(19-2-1-11-31-19)20-21(27)22(32-24(20)29-18)23(30)28-16-9-7-15(26)8-10-16/h1-12H,27H2,(H,28,30). The zero-order chi connectivity index (χ0) is 22.2. The molecule has 0 radical (unpaired) electrons. The molecule has 2 aromatic carbocycles. The SMILES string of the molecule is Nc1c(C(=O)Nc2ccc(F)cc2)sc2nc(-c3ccc(Cl)cc3)cc(-c3ccco3)c12. The second kappa shape index (κ2) is 8.11. The summed E-state index contributed by atoms with van der Waals surface area (Å²) in [6.07, 6.45) is 1.58. The molecule has 0 saturated carbocycles. The van der Waals surface area contributed by atoms with Crippen LogP contribution in [0.2, 0.25) is 5.02 Å². The van der Waals surface area contributed by atoms with Crippen molar-refractivity contribution in [3.8, 4) is 22.6 Å². The first-order valence-electron chi connectivity index (χ1n) is 9.59. The van der Waals surface area contributed by atoms with E-state index in [1.165, 1.54) is 35.6 Å². The number of benzene rings is 2. The van der Waals surface area contributed by atoms with Crippen LogP contribution in [0.5, 0.6) is 0 Å². The number of nitrogens with one attached hydrogen (secondary N) is 1. The van der Waals surface area contributed by atoms with E-state index in [2.05, 4.69) is 5.32 Å². The van der Waals surface area contributed by atoms with E-state index < -0.39 is 5.91 Å². The third kappa shape index (κ3) is 3.72. The van der Waals surface area contributed by atoms with Gasteiger partial charge in [-0.05, 0) is 54.6 Å². The van der Waals surface area contributed by atoms with E-state index in [1.54, 1.807) is 24.5 Å². The van der Waals surface area contributed by atoms with E-state index in [1.807, 2.05) is 24.3 Å². The number of fused-ring (bicyclic) bond motifs is 1. The lowest BCUT2D eigenvalue weighted by Crippen LogP contribution is -2.11. The van der Waals surface area contributed by atoms with Crippen molar-refractivity contribution in [3.63, 3.8) is 0 Å². The van der Waals surface area contributed by atoms with Gasteiger partial charge in [0.25, 0.3) is 5.91 Å². The number of aromatic nitrogens is 1. The van der Waals surface area contributed by atoms with Crippen molar-refractivity contribution in [1.82, 2.24) is 4.98 Å². The van der Waals surface area contributed by atoms with Gasteiger partial charge in [-0.3, -0.25) is 4.79 Å². The van der Waals surface area contributed by atoms with Gasteiger partial charge in [-0.2, -0.15) is 0 Å². The fourth-order valence-corrected chi connectivity index (χ4v) is 4.55. The number of carbonyl (C=O) groups excluding carboxylic acids is 1. The van der Waals surface area contributed by atoms with Crippen molar-refractivity contribution >= 4 is 50.4 Å². The first-order valence-corrected chi connectivity index (χ1v) is 10.8. The Morgan fingerprint density at radius 1 is 1.09 bits per heavy atom. The Morgan fingerprint density at radius 3 is 2.53 bits per heavy atom. The molecule has 158 valence electrons. The first-order chi connectivity index (χ1) is 15.5. The molecule has 0 atom stereocenters. The first kappa shape index (κ1) is 20.2. The molecule has 0 saturated heterocycles. The van der Waals surface area contributed by atoms with Crippen molar-refractivity contribution in [2.24, 2.45) is 0 Å². The van der Waals surface area contributed by atoms with Gasteiger partial charge in [-0.25, -0.2) is 9.37 Å². The van der Waals surface area contributed by atoms with E-state index in [4.69, 9.17) is 26.7 Å². The number of halogens is 2. The minimum atomic E-state index is -0.393. The Kier molecular flexibility index (Phi) is 5.13. The van der Waals surface area contributed by atoms with E-state index in [0.717, 1.165) is 11.1 Å². The zero-order valence-electron chi connectivity index (χ0n) is 16.4. The molecule has 3 aromatic heterocycles. The summed E-state index contributed by atoms with van der Waals surface area (Å²) in [5, 5.41) is 4.02. The molecule has 1 amide bonds. The highest BCUT2D eigenvalue weighted by atomic mass is 35.5. The summed E-state index contributed by atoms with van der Waals surface area (Å²) in [6, 6.07) is 18.4. The van der Waals surface area contributed by atoms with Gasteiger partial charge in [0.15, 0.2) is 0 Å². The van der Waals surface area contributed by atoms with E-state index in [0.29, 0.717) is 42.9 Å². The van der Waals surface area contributed by atoms with Crippen molar-refractivity contribution < 1.29 is 13.6 Å². The fourth-order valence-electron chi connectivity index (χ4n) is 3.41.